The number of fused-ring (bicyclic) bond motifs is 1. The molecule has 5 nitrogen and oxygen atoms in total. The first-order valence-electron chi connectivity index (χ1n) is 9.02. The third-order valence-electron chi connectivity index (χ3n) is 5.01. The molecule has 1 aliphatic rings. The fraction of sp³-hybridized carbons (Fsp3) is 0.136. The van der Waals surface area contributed by atoms with Gasteiger partial charge in [0, 0.05) is 24.8 Å². The van der Waals surface area contributed by atoms with Crippen LogP contribution in [-0.2, 0) is 16.4 Å². The van der Waals surface area contributed by atoms with Crippen molar-refractivity contribution in [2.45, 2.75) is 11.3 Å². The van der Waals surface area contributed by atoms with Gasteiger partial charge in [0.15, 0.2) is 0 Å². The van der Waals surface area contributed by atoms with Gasteiger partial charge in [-0.3, -0.25) is 9.10 Å². The molecule has 0 radical (unpaired) electrons. The van der Waals surface area contributed by atoms with Gasteiger partial charge in [-0.15, -0.1) is 0 Å². The molecule has 0 N–H and O–H groups in total. The second-order valence-electron chi connectivity index (χ2n) is 6.67. The van der Waals surface area contributed by atoms with Crippen LogP contribution in [0.5, 0.6) is 0 Å². The van der Waals surface area contributed by atoms with E-state index in [1.54, 1.807) is 41.3 Å². The third-order valence-corrected chi connectivity index (χ3v) is 6.81. The van der Waals surface area contributed by atoms with Crippen LogP contribution in [0.2, 0.25) is 0 Å². The molecule has 0 aliphatic carbocycles. The lowest BCUT2D eigenvalue weighted by atomic mass is 10.1. The molecule has 0 saturated heterocycles. The highest BCUT2D eigenvalue weighted by Crippen LogP contribution is 2.29. The Morgan fingerprint density at radius 1 is 0.893 bits per heavy atom. The number of rotatable bonds is 4. The summed E-state index contributed by atoms with van der Waals surface area (Å²) in [5, 5.41) is 0. The molecule has 1 amide bonds. The SMILES string of the molecule is CN(c1ccccc1)S(=O)(=O)c1ccc(C(=O)N2CCc3ccccc32)cc1. The molecule has 3 aromatic carbocycles. The van der Waals surface area contributed by atoms with Gasteiger partial charge in [-0.05, 0) is 54.4 Å². The Labute approximate surface area is 164 Å². The van der Waals surface area contributed by atoms with Crippen molar-refractivity contribution in [3.63, 3.8) is 0 Å². The number of nitrogens with zero attached hydrogens (tertiary/aromatic N) is 2. The lowest BCUT2D eigenvalue weighted by Crippen LogP contribution is -2.29. The minimum Gasteiger partial charge on any atom is -0.308 e. The highest BCUT2D eigenvalue weighted by molar-refractivity contribution is 7.92. The van der Waals surface area contributed by atoms with Crippen molar-refractivity contribution in [3.8, 4) is 0 Å². The molecule has 0 spiro atoms. The molecular weight excluding hydrogens is 372 g/mol. The van der Waals surface area contributed by atoms with E-state index in [9.17, 15) is 13.2 Å². The average molecular weight is 392 g/mol. The smallest absolute Gasteiger partial charge is 0.264 e. The Kier molecular flexibility index (Phi) is 4.65. The molecule has 142 valence electrons. The van der Waals surface area contributed by atoms with Gasteiger partial charge in [0.2, 0.25) is 0 Å². The molecule has 0 unspecified atom stereocenters. The fourth-order valence-corrected chi connectivity index (χ4v) is 4.60. The molecule has 1 aliphatic heterocycles. The van der Waals surface area contributed by atoms with Crippen molar-refractivity contribution in [1.29, 1.82) is 0 Å². The van der Waals surface area contributed by atoms with Crippen LogP contribution in [0.3, 0.4) is 0 Å². The molecule has 0 aromatic heterocycles. The second kappa shape index (κ2) is 7.13. The lowest BCUT2D eigenvalue weighted by Gasteiger charge is -2.20. The highest BCUT2D eigenvalue weighted by Gasteiger charge is 2.26. The molecule has 0 fully saturated rings. The number of anilines is 2. The van der Waals surface area contributed by atoms with E-state index in [1.807, 2.05) is 30.3 Å². The summed E-state index contributed by atoms with van der Waals surface area (Å²) in [6.45, 7) is 0.634. The van der Waals surface area contributed by atoms with E-state index in [4.69, 9.17) is 0 Å². The van der Waals surface area contributed by atoms with Crippen molar-refractivity contribution in [3.05, 3.63) is 90.0 Å². The molecule has 0 saturated carbocycles. The lowest BCUT2D eigenvalue weighted by molar-refractivity contribution is 0.0989. The summed E-state index contributed by atoms with van der Waals surface area (Å²) in [5.74, 6) is -0.120. The van der Waals surface area contributed by atoms with Gasteiger partial charge in [-0.2, -0.15) is 0 Å². The van der Waals surface area contributed by atoms with Crippen LogP contribution in [0.25, 0.3) is 0 Å². The fourth-order valence-electron chi connectivity index (χ4n) is 3.41. The molecule has 0 bridgehead atoms. The maximum Gasteiger partial charge on any atom is 0.264 e. The van der Waals surface area contributed by atoms with Crippen LogP contribution in [-0.4, -0.2) is 27.9 Å². The van der Waals surface area contributed by atoms with Crippen LogP contribution < -0.4 is 9.21 Å². The number of hydrogen-bond acceptors (Lipinski definition) is 3. The van der Waals surface area contributed by atoms with Crippen LogP contribution in [0.1, 0.15) is 15.9 Å². The topological polar surface area (TPSA) is 57.7 Å². The normalized spacial score (nSPS) is 13.2. The number of hydrogen-bond donors (Lipinski definition) is 0. The Bertz CT molecular complexity index is 1110. The van der Waals surface area contributed by atoms with Gasteiger partial charge in [-0.1, -0.05) is 36.4 Å². The largest absolute Gasteiger partial charge is 0.308 e. The van der Waals surface area contributed by atoms with E-state index in [-0.39, 0.29) is 10.8 Å². The van der Waals surface area contributed by atoms with Crippen LogP contribution in [0.15, 0.2) is 83.8 Å². The van der Waals surface area contributed by atoms with Gasteiger partial charge >= 0.3 is 0 Å². The first-order valence-corrected chi connectivity index (χ1v) is 10.5. The van der Waals surface area contributed by atoms with Crippen molar-refractivity contribution < 1.29 is 13.2 Å². The Hall–Kier alpha value is -3.12. The maximum absolute atomic E-state index is 12.9. The average Bonchev–Trinajstić information content (AvgIpc) is 3.17. The number of carbonyl (C=O) groups is 1. The van der Waals surface area contributed by atoms with Gasteiger partial charge in [0.1, 0.15) is 0 Å². The van der Waals surface area contributed by atoms with E-state index in [0.717, 1.165) is 17.7 Å². The van der Waals surface area contributed by atoms with Crippen molar-refractivity contribution in [1.82, 2.24) is 0 Å². The summed E-state index contributed by atoms with van der Waals surface area (Å²) in [6.07, 6.45) is 0.830. The molecule has 28 heavy (non-hydrogen) atoms. The van der Waals surface area contributed by atoms with E-state index in [0.29, 0.717) is 17.8 Å². The minimum absolute atomic E-state index is 0.120. The second-order valence-corrected chi connectivity index (χ2v) is 8.64. The summed E-state index contributed by atoms with van der Waals surface area (Å²) in [5.41, 5.74) is 3.13. The van der Waals surface area contributed by atoms with Crippen molar-refractivity contribution in [2.75, 3.05) is 22.8 Å². The molecular formula is C22H20N2O3S. The van der Waals surface area contributed by atoms with E-state index in [2.05, 4.69) is 0 Å². The van der Waals surface area contributed by atoms with Crippen LogP contribution in [0.4, 0.5) is 11.4 Å². The monoisotopic (exact) mass is 392 g/mol. The van der Waals surface area contributed by atoms with Gasteiger partial charge in [0.25, 0.3) is 15.9 Å². The Morgan fingerprint density at radius 2 is 1.54 bits per heavy atom. The van der Waals surface area contributed by atoms with E-state index >= 15 is 0 Å². The summed E-state index contributed by atoms with van der Waals surface area (Å²) < 4.78 is 27.0. The Balaban J connectivity index is 1.58. The number of benzene rings is 3. The minimum atomic E-state index is -3.69. The number of sulfonamides is 1. The zero-order chi connectivity index (χ0) is 19.7. The van der Waals surface area contributed by atoms with Gasteiger partial charge < -0.3 is 4.90 Å². The summed E-state index contributed by atoms with van der Waals surface area (Å²) in [4.78, 5) is 14.8. The van der Waals surface area contributed by atoms with Crippen molar-refractivity contribution in [2.24, 2.45) is 0 Å². The Morgan fingerprint density at radius 3 is 2.25 bits per heavy atom. The summed E-state index contributed by atoms with van der Waals surface area (Å²) in [7, 11) is -2.18. The first-order chi connectivity index (χ1) is 13.5. The van der Waals surface area contributed by atoms with E-state index < -0.39 is 10.0 Å². The molecule has 3 aromatic rings. The molecule has 6 heteroatoms. The molecule has 1 heterocycles. The van der Waals surface area contributed by atoms with Crippen LogP contribution >= 0.6 is 0 Å². The summed E-state index contributed by atoms with van der Waals surface area (Å²) >= 11 is 0. The predicted octanol–water partition coefficient (Wildman–Crippen LogP) is 3.71. The zero-order valence-corrected chi connectivity index (χ0v) is 16.3. The standard InChI is InChI=1S/C22H20N2O3S/c1-23(19-8-3-2-4-9-19)28(26,27)20-13-11-18(12-14-20)22(25)24-16-15-17-7-5-6-10-21(17)24/h2-14H,15-16H2,1H3. The maximum atomic E-state index is 12.9. The molecule has 4 rings (SSSR count). The van der Waals surface area contributed by atoms with Gasteiger partial charge in [0.05, 0.1) is 10.6 Å². The van der Waals surface area contributed by atoms with Crippen molar-refractivity contribution >= 4 is 27.3 Å². The van der Waals surface area contributed by atoms with Crippen LogP contribution in [0, 0.1) is 0 Å². The van der Waals surface area contributed by atoms with E-state index in [1.165, 1.54) is 23.5 Å². The first kappa shape index (κ1) is 18.3. The number of carbonyl (C=O) groups excluding carboxylic acids is 1. The number of amides is 1. The predicted molar refractivity (Wildman–Crippen MR) is 110 cm³/mol. The zero-order valence-electron chi connectivity index (χ0n) is 15.4. The highest BCUT2D eigenvalue weighted by atomic mass is 32.2. The van der Waals surface area contributed by atoms with Gasteiger partial charge in [-0.25, -0.2) is 8.42 Å². The quantitative estimate of drug-likeness (QED) is 0.680. The summed E-state index contributed by atoms with van der Waals surface area (Å²) in [6, 6.07) is 22.9. The number of para-hydroxylation sites is 2. The molecule has 0 atom stereocenters. The third kappa shape index (κ3) is 3.16.